The van der Waals surface area contributed by atoms with Crippen LogP contribution in [0.3, 0.4) is 0 Å². The SMILES string of the molecule is COC(=O)C1=C(C)OC(N)=C(C(=O)OC(C)C)[C@]12C(=O)Nc1ccccc12. The molecule has 1 atom stereocenters. The molecule has 2 aliphatic heterocycles. The second-order valence-corrected chi connectivity index (χ2v) is 6.47. The first-order valence-corrected chi connectivity index (χ1v) is 8.34. The van der Waals surface area contributed by atoms with Gasteiger partial charge < -0.3 is 25.3 Å². The zero-order valence-electron chi connectivity index (χ0n) is 15.4. The Labute approximate surface area is 155 Å². The molecule has 1 amide bonds. The molecular formula is C19H20N2O6. The molecular weight excluding hydrogens is 352 g/mol. The summed E-state index contributed by atoms with van der Waals surface area (Å²) in [5, 5.41) is 2.71. The number of carbonyl (C=O) groups excluding carboxylic acids is 3. The maximum Gasteiger partial charge on any atom is 0.341 e. The quantitative estimate of drug-likeness (QED) is 0.772. The molecule has 0 fully saturated rings. The van der Waals surface area contributed by atoms with Crippen LogP contribution < -0.4 is 11.1 Å². The molecule has 3 N–H and O–H groups in total. The van der Waals surface area contributed by atoms with Gasteiger partial charge in [0.15, 0.2) is 0 Å². The minimum atomic E-state index is -1.82. The Morgan fingerprint density at radius 2 is 1.85 bits per heavy atom. The van der Waals surface area contributed by atoms with E-state index in [4.69, 9.17) is 19.9 Å². The van der Waals surface area contributed by atoms with Crippen LogP contribution in [0.4, 0.5) is 5.69 Å². The smallest absolute Gasteiger partial charge is 0.341 e. The second kappa shape index (κ2) is 6.46. The number of benzene rings is 1. The number of nitrogens with two attached hydrogens (primary N) is 1. The second-order valence-electron chi connectivity index (χ2n) is 6.47. The summed E-state index contributed by atoms with van der Waals surface area (Å²) >= 11 is 0. The molecule has 0 bridgehead atoms. The van der Waals surface area contributed by atoms with E-state index in [9.17, 15) is 14.4 Å². The molecule has 0 saturated carbocycles. The van der Waals surface area contributed by atoms with E-state index in [1.165, 1.54) is 14.0 Å². The minimum Gasteiger partial charge on any atom is -0.466 e. The van der Waals surface area contributed by atoms with Gasteiger partial charge in [-0.2, -0.15) is 0 Å². The highest BCUT2D eigenvalue weighted by atomic mass is 16.5. The Morgan fingerprint density at radius 3 is 2.48 bits per heavy atom. The Balaban J connectivity index is 2.37. The number of allylic oxidation sites excluding steroid dienone is 1. The third-order valence-corrected chi connectivity index (χ3v) is 4.47. The lowest BCUT2D eigenvalue weighted by atomic mass is 9.67. The van der Waals surface area contributed by atoms with Crippen molar-refractivity contribution in [2.75, 3.05) is 12.4 Å². The number of esters is 2. The fraction of sp³-hybridized carbons (Fsp3) is 0.316. The maximum absolute atomic E-state index is 13.2. The highest BCUT2D eigenvalue weighted by Gasteiger charge is 2.61. The van der Waals surface area contributed by atoms with Gasteiger partial charge in [-0.25, -0.2) is 9.59 Å². The molecule has 1 aromatic rings. The minimum absolute atomic E-state index is 0.0762. The van der Waals surface area contributed by atoms with Gasteiger partial charge in [0.05, 0.1) is 13.2 Å². The molecule has 1 spiro atoms. The van der Waals surface area contributed by atoms with Crippen molar-refractivity contribution in [3.8, 4) is 0 Å². The van der Waals surface area contributed by atoms with E-state index in [2.05, 4.69) is 5.32 Å². The molecule has 0 saturated heterocycles. The summed E-state index contributed by atoms with van der Waals surface area (Å²) in [7, 11) is 1.18. The van der Waals surface area contributed by atoms with E-state index in [1.807, 2.05) is 0 Å². The summed E-state index contributed by atoms with van der Waals surface area (Å²) in [5.74, 6) is -2.47. The normalized spacial score (nSPS) is 21.1. The van der Waals surface area contributed by atoms with Crippen molar-refractivity contribution >= 4 is 23.5 Å². The summed E-state index contributed by atoms with van der Waals surface area (Å²) in [6.45, 7) is 4.81. The summed E-state index contributed by atoms with van der Waals surface area (Å²) in [6.07, 6.45) is -0.469. The fourth-order valence-corrected chi connectivity index (χ4v) is 3.52. The molecule has 0 aliphatic carbocycles. The Kier molecular flexibility index (Phi) is 4.43. The van der Waals surface area contributed by atoms with E-state index >= 15 is 0 Å². The molecule has 142 valence electrons. The van der Waals surface area contributed by atoms with Gasteiger partial charge in [-0.15, -0.1) is 0 Å². The molecule has 3 rings (SSSR count). The first kappa shape index (κ1) is 18.5. The lowest BCUT2D eigenvalue weighted by Crippen LogP contribution is -2.48. The molecule has 2 heterocycles. The van der Waals surface area contributed by atoms with Gasteiger partial charge >= 0.3 is 11.9 Å². The first-order chi connectivity index (χ1) is 12.7. The van der Waals surface area contributed by atoms with Crippen molar-refractivity contribution in [2.24, 2.45) is 5.73 Å². The number of nitrogens with one attached hydrogen (secondary N) is 1. The summed E-state index contributed by atoms with van der Waals surface area (Å²) in [6, 6.07) is 6.74. The molecule has 2 aliphatic rings. The summed E-state index contributed by atoms with van der Waals surface area (Å²) in [5.41, 5.74) is 4.70. The molecule has 0 radical (unpaired) electrons. The third-order valence-electron chi connectivity index (χ3n) is 4.47. The van der Waals surface area contributed by atoms with Crippen LogP contribution in [0.2, 0.25) is 0 Å². The summed E-state index contributed by atoms with van der Waals surface area (Å²) < 4.78 is 15.6. The van der Waals surface area contributed by atoms with Gasteiger partial charge in [0.1, 0.15) is 22.3 Å². The number of fused-ring (bicyclic) bond motifs is 2. The van der Waals surface area contributed by atoms with Crippen LogP contribution in [-0.4, -0.2) is 31.1 Å². The van der Waals surface area contributed by atoms with Crippen LogP contribution in [0.5, 0.6) is 0 Å². The van der Waals surface area contributed by atoms with Crippen LogP contribution in [0.25, 0.3) is 0 Å². The Bertz CT molecular complexity index is 915. The number of hydrogen-bond acceptors (Lipinski definition) is 7. The van der Waals surface area contributed by atoms with Gasteiger partial charge in [0.2, 0.25) is 11.8 Å². The van der Waals surface area contributed by atoms with Crippen LogP contribution in [0.1, 0.15) is 26.3 Å². The monoisotopic (exact) mass is 372 g/mol. The number of para-hydroxylation sites is 1. The molecule has 27 heavy (non-hydrogen) atoms. The topological polar surface area (TPSA) is 117 Å². The molecule has 0 unspecified atom stereocenters. The standard InChI is InChI=1S/C19H20N2O6/c1-9(2)26-17(23)14-15(20)27-10(3)13(16(22)25-4)19(14)11-7-5-6-8-12(11)21-18(19)24/h5-9H,20H2,1-4H3,(H,21,24)/t19-/m1/s1. The number of carbonyl (C=O) groups is 3. The lowest BCUT2D eigenvalue weighted by Gasteiger charge is -2.35. The Morgan fingerprint density at radius 1 is 1.19 bits per heavy atom. The number of anilines is 1. The summed E-state index contributed by atoms with van der Waals surface area (Å²) in [4.78, 5) is 38.8. The highest BCUT2D eigenvalue weighted by Crippen LogP contribution is 2.52. The molecule has 8 heteroatoms. The van der Waals surface area contributed by atoms with Gasteiger partial charge in [-0.1, -0.05) is 18.2 Å². The van der Waals surface area contributed by atoms with Crippen LogP contribution in [-0.2, 0) is 34.0 Å². The predicted molar refractivity (Wildman–Crippen MR) is 95.0 cm³/mol. The first-order valence-electron chi connectivity index (χ1n) is 8.34. The largest absolute Gasteiger partial charge is 0.466 e. The van der Waals surface area contributed by atoms with Crippen molar-refractivity contribution in [1.82, 2.24) is 0 Å². The predicted octanol–water partition coefficient (Wildman–Crippen LogP) is 1.48. The average molecular weight is 372 g/mol. The third kappa shape index (κ3) is 2.56. The van der Waals surface area contributed by atoms with Gasteiger partial charge in [0, 0.05) is 11.3 Å². The lowest BCUT2D eigenvalue weighted by molar-refractivity contribution is -0.145. The fourth-order valence-electron chi connectivity index (χ4n) is 3.52. The number of hydrogen-bond donors (Lipinski definition) is 2. The van der Waals surface area contributed by atoms with Crippen molar-refractivity contribution in [2.45, 2.75) is 32.3 Å². The maximum atomic E-state index is 13.2. The van der Waals surface area contributed by atoms with E-state index in [0.29, 0.717) is 11.3 Å². The number of rotatable bonds is 3. The number of ether oxygens (including phenoxy) is 3. The van der Waals surface area contributed by atoms with E-state index in [-0.39, 0.29) is 22.8 Å². The van der Waals surface area contributed by atoms with E-state index in [1.54, 1.807) is 38.1 Å². The highest BCUT2D eigenvalue weighted by molar-refractivity contribution is 6.21. The van der Waals surface area contributed by atoms with Gasteiger partial charge in [-0.3, -0.25) is 4.79 Å². The van der Waals surface area contributed by atoms with Gasteiger partial charge in [0.25, 0.3) is 0 Å². The van der Waals surface area contributed by atoms with Crippen molar-refractivity contribution < 1.29 is 28.6 Å². The Hall–Kier alpha value is -3.29. The van der Waals surface area contributed by atoms with E-state index in [0.717, 1.165) is 0 Å². The van der Waals surface area contributed by atoms with Crippen molar-refractivity contribution in [3.05, 3.63) is 52.6 Å². The van der Waals surface area contributed by atoms with Crippen molar-refractivity contribution in [3.63, 3.8) is 0 Å². The molecule has 1 aromatic carbocycles. The molecule has 0 aromatic heterocycles. The van der Waals surface area contributed by atoms with Crippen molar-refractivity contribution in [1.29, 1.82) is 0 Å². The zero-order chi connectivity index (χ0) is 19.9. The van der Waals surface area contributed by atoms with Crippen LogP contribution in [0, 0.1) is 0 Å². The van der Waals surface area contributed by atoms with Crippen LogP contribution >= 0.6 is 0 Å². The van der Waals surface area contributed by atoms with Gasteiger partial charge in [-0.05, 0) is 26.8 Å². The molecule has 8 nitrogen and oxygen atoms in total. The number of amides is 1. The number of methoxy groups -OCH3 is 1. The average Bonchev–Trinajstić information content (AvgIpc) is 2.86. The van der Waals surface area contributed by atoms with E-state index < -0.39 is 29.4 Å². The van der Waals surface area contributed by atoms with Crippen LogP contribution in [0.15, 0.2) is 47.1 Å². The zero-order valence-corrected chi connectivity index (χ0v) is 15.4.